The van der Waals surface area contributed by atoms with Crippen LogP contribution in [0.2, 0.25) is 5.02 Å². The molecule has 0 saturated carbocycles. The Labute approximate surface area is 127 Å². The molecule has 0 saturated heterocycles. The molecule has 0 aliphatic heterocycles. The second-order valence-corrected chi connectivity index (χ2v) is 5.12. The molecule has 3 aromatic rings. The Balaban J connectivity index is 1.87. The molecule has 0 N–H and O–H groups in total. The molecule has 0 radical (unpaired) electrons. The largest absolute Gasteiger partial charge is 0.496 e. The molecule has 3 rings (SSSR count). The molecule has 1 aromatic heterocycles. The number of methoxy groups -OCH3 is 1. The van der Waals surface area contributed by atoms with Crippen molar-refractivity contribution in [1.82, 2.24) is 15.2 Å². The van der Waals surface area contributed by atoms with Crippen molar-refractivity contribution in [3.05, 3.63) is 52.5 Å². The van der Waals surface area contributed by atoms with E-state index in [0.29, 0.717) is 11.6 Å². The summed E-state index contributed by atoms with van der Waals surface area (Å²) in [6.45, 7) is 2.35. The SMILES string of the molecule is COc1ccc(C)cc1COn1nnc2ccc(Cl)cc21. The third-order valence-electron chi connectivity index (χ3n) is 3.16. The van der Waals surface area contributed by atoms with Gasteiger partial charge in [0.15, 0.2) is 0 Å². The van der Waals surface area contributed by atoms with Gasteiger partial charge < -0.3 is 9.57 Å². The number of ether oxygens (including phenoxy) is 1. The van der Waals surface area contributed by atoms with Crippen LogP contribution < -0.4 is 9.57 Å². The maximum Gasteiger partial charge on any atom is 0.145 e. The Morgan fingerprint density at radius 3 is 2.86 bits per heavy atom. The molecule has 0 unspecified atom stereocenters. The van der Waals surface area contributed by atoms with E-state index in [-0.39, 0.29) is 0 Å². The minimum absolute atomic E-state index is 0.329. The summed E-state index contributed by atoms with van der Waals surface area (Å²) >= 11 is 5.99. The van der Waals surface area contributed by atoms with Crippen molar-refractivity contribution >= 4 is 22.6 Å². The van der Waals surface area contributed by atoms with Crippen LogP contribution in [0.1, 0.15) is 11.1 Å². The predicted octanol–water partition coefficient (Wildman–Crippen LogP) is 3.03. The van der Waals surface area contributed by atoms with Crippen molar-refractivity contribution in [3.63, 3.8) is 0 Å². The summed E-state index contributed by atoms with van der Waals surface area (Å²) in [5.41, 5.74) is 3.55. The molecule has 2 aromatic carbocycles. The van der Waals surface area contributed by atoms with E-state index in [1.165, 1.54) is 4.85 Å². The second-order valence-electron chi connectivity index (χ2n) is 4.68. The highest BCUT2D eigenvalue weighted by atomic mass is 35.5. The fourth-order valence-electron chi connectivity index (χ4n) is 2.12. The lowest BCUT2D eigenvalue weighted by atomic mass is 10.1. The summed E-state index contributed by atoms with van der Waals surface area (Å²) in [5.74, 6) is 0.781. The number of nitrogens with zero attached hydrogens (tertiary/aromatic N) is 3. The standard InChI is InChI=1S/C15H14ClN3O2/c1-10-3-6-15(20-2)11(7-10)9-21-19-14-8-12(16)4-5-13(14)17-18-19/h3-8H,9H2,1-2H3. The third kappa shape index (κ3) is 2.78. The lowest BCUT2D eigenvalue weighted by Crippen LogP contribution is -2.13. The van der Waals surface area contributed by atoms with Crippen LogP contribution >= 0.6 is 11.6 Å². The minimum Gasteiger partial charge on any atom is -0.496 e. The molecular formula is C15H14ClN3O2. The van der Waals surface area contributed by atoms with Gasteiger partial charge in [-0.1, -0.05) is 28.1 Å². The number of fused-ring (bicyclic) bond motifs is 1. The van der Waals surface area contributed by atoms with Crippen molar-refractivity contribution in [2.24, 2.45) is 0 Å². The van der Waals surface area contributed by atoms with Crippen molar-refractivity contribution in [3.8, 4) is 5.75 Å². The lowest BCUT2D eigenvalue weighted by molar-refractivity contribution is 0.0739. The highest BCUT2D eigenvalue weighted by molar-refractivity contribution is 6.31. The van der Waals surface area contributed by atoms with E-state index in [4.69, 9.17) is 21.2 Å². The van der Waals surface area contributed by atoms with Gasteiger partial charge in [-0.2, -0.15) is 0 Å². The highest BCUT2D eigenvalue weighted by Crippen LogP contribution is 2.21. The molecule has 0 spiro atoms. The molecular weight excluding hydrogens is 290 g/mol. The van der Waals surface area contributed by atoms with Crippen LogP contribution in [0.3, 0.4) is 0 Å². The summed E-state index contributed by atoms with van der Waals surface area (Å²) in [6, 6.07) is 11.3. The fourth-order valence-corrected chi connectivity index (χ4v) is 2.28. The molecule has 21 heavy (non-hydrogen) atoms. The van der Waals surface area contributed by atoms with Crippen LogP contribution in [0.25, 0.3) is 11.0 Å². The van der Waals surface area contributed by atoms with Gasteiger partial charge in [0.25, 0.3) is 0 Å². The maximum atomic E-state index is 5.99. The van der Waals surface area contributed by atoms with Crippen molar-refractivity contribution in [2.75, 3.05) is 7.11 Å². The third-order valence-corrected chi connectivity index (χ3v) is 3.39. The fraction of sp³-hybridized carbons (Fsp3) is 0.200. The number of benzene rings is 2. The average molecular weight is 304 g/mol. The first-order valence-electron chi connectivity index (χ1n) is 6.45. The summed E-state index contributed by atoms with van der Waals surface area (Å²) in [6.07, 6.45) is 0. The normalized spacial score (nSPS) is 10.8. The Hall–Kier alpha value is -2.27. The number of aryl methyl sites for hydroxylation is 1. The first-order chi connectivity index (χ1) is 10.2. The van der Waals surface area contributed by atoms with Gasteiger partial charge in [0, 0.05) is 10.6 Å². The highest BCUT2D eigenvalue weighted by Gasteiger charge is 2.08. The van der Waals surface area contributed by atoms with E-state index in [9.17, 15) is 0 Å². The van der Waals surface area contributed by atoms with Crippen LogP contribution in [0.4, 0.5) is 0 Å². The number of halogens is 1. The molecule has 0 atom stereocenters. The molecule has 0 aliphatic carbocycles. The zero-order valence-electron chi connectivity index (χ0n) is 11.7. The molecule has 0 amide bonds. The minimum atomic E-state index is 0.329. The monoisotopic (exact) mass is 303 g/mol. The van der Waals surface area contributed by atoms with Crippen LogP contribution in [0, 0.1) is 6.92 Å². The summed E-state index contributed by atoms with van der Waals surface area (Å²) in [5, 5.41) is 8.62. The van der Waals surface area contributed by atoms with Crippen molar-refractivity contribution in [1.29, 1.82) is 0 Å². The van der Waals surface area contributed by atoms with Gasteiger partial charge in [-0.3, -0.25) is 0 Å². The van der Waals surface area contributed by atoms with E-state index in [0.717, 1.165) is 27.9 Å². The summed E-state index contributed by atoms with van der Waals surface area (Å²) in [7, 11) is 1.64. The van der Waals surface area contributed by atoms with Crippen LogP contribution in [-0.2, 0) is 6.61 Å². The second kappa shape index (κ2) is 5.61. The molecule has 6 heteroatoms. The van der Waals surface area contributed by atoms with E-state index in [2.05, 4.69) is 10.3 Å². The van der Waals surface area contributed by atoms with Crippen LogP contribution in [0.5, 0.6) is 5.75 Å². The number of hydrogen-bond acceptors (Lipinski definition) is 4. The van der Waals surface area contributed by atoms with Gasteiger partial charge >= 0.3 is 0 Å². The topological polar surface area (TPSA) is 49.2 Å². The Kier molecular flexibility index (Phi) is 3.66. The Morgan fingerprint density at radius 1 is 1.19 bits per heavy atom. The van der Waals surface area contributed by atoms with E-state index in [1.807, 2.05) is 25.1 Å². The molecule has 0 aliphatic rings. The Morgan fingerprint density at radius 2 is 2.05 bits per heavy atom. The number of rotatable bonds is 4. The number of aromatic nitrogens is 3. The first-order valence-corrected chi connectivity index (χ1v) is 6.83. The zero-order valence-corrected chi connectivity index (χ0v) is 12.5. The van der Waals surface area contributed by atoms with Gasteiger partial charge in [0.2, 0.25) is 0 Å². The maximum absolute atomic E-state index is 5.99. The van der Waals surface area contributed by atoms with E-state index in [1.54, 1.807) is 25.3 Å². The quantitative estimate of drug-likeness (QED) is 0.743. The van der Waals surface area contributed by atoms with E-state index < -0.39 is 0 Å². The molecule has 108 valence electrons. The molecule has 1 heterocycles. The van der Waals surface area contributed by atoms with Gasteiger partial charge in [0.1, 0.15) is 23.4 Å². The molecule has 5 nitrogen and oxygen atoms in total. The van der Waals surface area contributed by atoms with Gasteiger partial charge in [-0.15, -0.1) is 5.10 Å². The van der Waals surface area contributed by atoms with Crippen LogP contribution in [-0.4, -0.2) is 22.3 Å². The summed E-state index contributed by atoms with van der Waals surface area (Å²) in [4.78, 5) is 7.08. The average Bonchev–Trinajstić information content (AvgIpc) is 2.87. The molecule has 0 bridgehead atoms. The summed E-state index contributed by atoms with van der Waals surface area (Å²) < 4.78 is 5.33. The van der Waals surface area contributed by atoms with Gasteiger partial charge in [0.05, 0.1) is 7.11 Å². The Bertz CT molecular complexity index is 786. The van der Waals surface area contributed by atoms with E-state index >= 15 is 0 Å². The van der Waals surface area contributed by atoms with Crippen molar-refractivity contribution < 1.29 is 9.57 Å². The predicted molar refractivity (Wildman–Crippen MR) is 80.6 cm³/mol. The van der Waals surface area contributed by atoms with Crippen LogP contribution in [0.15, 0.2) is 36.4 Å². The smallest absolute Gasteiger partial charge is 0.145 e. The van der Waals surface area contributed by atoms with Gasteiger partial charge in [-0.25, -0.2) is 0 Å². The zero-order chi connectivity index (χ0) is 14.8. The van der Waals surface area contributed by atoms with Crippen molar-refractivity contribution in [2.45, 2.75) is 13.5 Å². The molecule has 0 fully saturated rings. The number of hydrogen-bond donors (Lipinski definition) is 0. The lowest BCUT2D eigenvalue weighted by Gasteiger charge is -2.10. The first kappa shape index (κ1) is 13.7. The van der Waals surface area contributed by atoms with Gasteiger partial charge in [-0.05, 0) is 42.5 Å².